The minimum absolute atomic E-state index is 0.00563. The van der Waals surface area contributed by atoms with Gasteiger partial charge in [-0.15, -0.1) is 0 Å². The molecule has 0 bridgehead atoms. The zero-order valence-corrected chi connectivity index (χ0v) is 20.2. The molecule has 0 aromatic heterocycles. The summed E-state index contributed by atoms with van der Waals surface area (Å²) < 4.78 is 0. The molecule has 3 N–H and O–H groups in total. The molecule has 32 heavy (non-hydrogen) atoms. The van der Waals surface area contributed by atoms with Crippen LogP contribution < -0.4 is 10.6 Å². The van der Waals surface area contributed by atoms with Crippen molar-refractivity contribution in [3.05, 3.63) is 47.0 Å². The molecule has 1 aromatic rings. The zero-order valence-electron chi connectivity index (χ0n) is 20.2. The van der Waals surface area contributed by atoms with Gasteiger partial charge in [0.15, 0.2) is 0 Å². The van der Waals surface area contributed by atoms with Gasteiger partial charge in [0, 0.05) is 19.2 Å². The number of aliphatic carboxylic acids is 1. The molecule has 7 heteroatoms. The monoisotopic (exact) mass is 443 g/mol. The summed E-state index contributed by atoms with van der Waals surface area (Å²) in [6.45, 7) is 11.7. The Morgan fingerprint density at radius 2 is 1.78 bits per heavy atom. The lowest BCUT2D eigenvalue weighted by Crippen LogP contribution is -2.59. The van der Waals surface area contributed by atoms with Crippen molar-refractivity contribution in [1.82, 2.24) is 15.5 Å². The van der Waals surface area contributed by atoms with Crippen LogP contribution in [0, 0.1) is 11.3 Å². The van der Waals surface area contributed by atoms with Crippen molar-refractivity contribution in [3.8, 4) is 0 Å². The van der Waals surface area contributed by atoms with Crippen LogP contribution in [-0.4, -0.2) is 53.0 Å². The van der Waals surface area contributed by atoms with Crippen molar-refractivity contribution in [2.45, 2.75) is 72.6 Å². The third kappa shape index (κ3) is 6.19. The number of nitrogens with one attached hydrogen (secondary N) is 2. The largest absolute Gasteiger partial charge is 0.478 e. The highest BCUT2D eigenvalue weighted by molar-refractivity contribution is 5.91. The maximum atomic E-state index is 13.5. The summed E-state index contributed by atoms with van der Waals surface area (Å²) in [5.74, 6) is -1.46. The van der Waals surface area contributed by atoms with E-state index in [4.69, 9.17) is 0 Å². The molecule has 0 unspecified atom stereocenters. The average molecular weight is 444 g/mol. The SMILES string of the molecule is C/C(=C\[C@H](C(C)C)N(C)C(=O)[C@@H](NC(=O)[C@H]1Cc2ccccc2CN1)C(C)(C)C)C(=O)O. The normalized spacial score (nSPS) is 18.5. The molecule has 1 aliphatic heterocycles. The van der Waals surface area contributed by atoms with Gasteiger partial charge in [-0.1, -0.05) is 65.0 Å². The number of likely N-dealkylation sites (N-methyl/N-ethyl adjacent to an activating group) is 1. The predicted molar refractivity (Wildman–Crippen MR) is 125 cm³/mol. The molecule has 1 heterocycles. The standard InChI is InChI=1S/C25H37N3O4/c1-15(2)20(12-16(3)24(31)32)28(7)23(30)21(25(4,5)6)27-22(29)19-13-17-10-8-9-11-18(17)14-26-19/h8-12,15,19-21,26H,13-14H2,1-7H3,(H,27,29)(H,31,32)/b16-12+/t19-,20-,21-/m1/s1. The highest BCUT2D eigenvalue weighted by Crippen LogP contribution is 2.24. The number of carbonyl (C=O) groups excluding carboxylic acids is 2. The Hall–Kier alpha value is -2.67. The minimum Gasteiger partial charge on any atom is -0.478 e. The maximum Gasteiger partial charge on any atom is 0.331 e. The lowest BCUT2D eigenvalue weighted by molar-refractivity contribution is -0.140. The van der Waals surface area contributed by atoms with Crippen molar-refractivity contribution < 1.29 is 19.5 Å². The van der Waals surface area contributed by atoms with E-state index < -0.39 is 29.5 Å². The fourth-order valence-electron chi connectivity index (χ4n) is 3.96. The quantitative estimate of drug-likeness (QED) is 0.563. The van der Waals surface area contributed by atoms with Crippen LogP contribution in [0.3, 0.4) is 0 Å². The number of carboxylic acids is 1. The second kappa shape index (κ2) is 10.3. The van der Waals surface area contributed by atoms with Crippen LogP contribution in [0.2, 0.25) is 0 Å². The van der Waals surface area contributed by atoms with Gasteiger partial charge in [0.05, 0.1) is 12.1 Å². The lowest BCUT2D eigenvalue weighted by Gasteiger charge is -2.38. The number of carbonyl (C=O) groups is 3. The van der Waals surface area contributed by atoms with E-state index in [2.05, 4.69) is 10.6 Å². The number of rotatable bonds is 7. The van der Waals surface area contributed by atoms with Gasteiger partial charge in [-0.05, 0) is 35.8 Å². The molecule has 2 rings (SSSR count). The van der Waals surface area contributed by atoms with Crippen molar-refractivity contribution in [3.63, 3.8) is 0 Å². The molecule has 0 saturated heterocycles. The van der Waals surface area contributed by atoms with Crippen molar-refractivity contribution in [2.24, 2.45) is 11.3 Å². The number of amides is 2. The topological polar surface area (TPSA) is 98.7 Å². The summed E-state index contributed by atoms with van der Waals surface area (Å²) in [6.07, 6.45) is 2.17. The lowest BCUT2D eigenvalue weighted by atomic mass is 9.84. The van der Waals surface area contributed by atoms with E-state index >= 15 is 0 Å². The van der Waals surface area contributed by atoms with Crippen molar-refractivity contribution in [2.75, 3.05) is 7.05 Å². The highest BCUT2D eigenvalue weighted by Gasteiger charge is 2.38. The average Bonchev–Trinajstić information content (AvgIpc) is 2.72. The molecular weight excluding hydrogens is 406 g/mol. The molecule has 7 nitrogen and oxygen atoms in total. The van der Waals surface area contributed by atoms with E-state index in [1.165, 1.54) is 12.5 Å². The number of nitrogens with zero attached hydrogens (tertiary/aromatic N) is 1. The van der Waals surface area contributed by atoms with E-state index in [0.29, 0.717) is 13.0 Å². The first-order valence-electron chi connectivity index (χ1n) is 11.1. The molecule has 0 spiro atoms. The van der Waals surface area contributed by atoms with Gasteiger partial charge in [-0.2, -0.15) is 0 Å². The van der Waals surface area contributed by atoms with Crippen molar-refractivity contribution in [1.29, 1.82) is 0 Å². The Bertz CT molecular complexity index is 885. The molecule has 0 fully saturated rings. The number of fused-ring (bicyclic) bond motifs is 1. The third-order valence-electron chi connectivity index (χ3n) is 6.03. The fourth-order valence-corrected chi connectivity index (χ4v) is 3.96. The highest BCUT2D eigenvalue weighted by atomic mass is 16.4. The van der Waals surface area contributed by atoms with Gasteiger partial charge < -0.3 is 20.6 Å². The number of carboxylic acid groups (broad SMARTS) is 1. The van der Waals surface area contributed by atoms with Gasteiger partial charge in [0.2, 0.25) is 11.8 Å². The second-order valence-corrected chi connectivity index (χ2v) is 10.1. The maximum absolute atomic E-state index is 13.5. The first-order valence-corrected chi connectivity index (χ1v) is 11.1. The Labute approximate surface area is 191 Å². The van der Waals surface area contributed by atoms with E-state index in [9.17, 15) is 19.5 Å². The predicted octanol–water partition coefficient (Wildman–Crippen LogP) is 2.75. The fraction of sp³-hybridized carbons (Fsp3) is 0.560. The van der Waals surface area contributed by atoms with Crippen molar-refractivity contribution >= 4 is 17.8 Å². The Balaban J connectivity index is 2.22. The molecule has 3 atom stereocenters. The summed E-state index contributed by atoms with van der Waals surface area (Å²) in [5, 5.41) is 15.5. The molecule has 1 aromatic carbocycles. The molecule has 0 aliphatic carbocycles. The van der Waals surface area contributed by atoms with Crippen LogP contribution in [0.4, 0.5) is 0 Å². The van der Waals surface area contributed by atoms with Crippen LogP contribution in [0.1, 0.15) is 52.7 Å². The first kappa shape index (κ1) is 25.6. The third-order valence-corrected chi connectivity index (χ3v) is 6.03. The molecule has 0 saturated carbocycles. The molecule has 176 valence electrons. The van der Waals surface area contributed by atoms with E-state index in [1.54, 1.807) is 18.0 Å². The van der Waals surface area contributed by atoms with Crippen LogP contribution in [0.25, 0.3) is 0 Å². The summed E-state index contributed by atoms with van der Waals surface area (Å²) in [4.78, 5) is 39.5. The number of hydrogen-bond acceptors (Lipinski definition) is 4. The van der Waals surface area contributed by atoms with E-state index in [1.807, 2.05) is 58.9 Å². The van der Waals surface area contributed by atoms with Crippen LogP contribution in [0.15, 0.2) is 35.9 Å². The van der Waals surface area contributed by atoms with Crippen LogP contribution in [-0.2, 0) is 27.3 Å². The van der Waals surface area contributed by atoms with Crippen LogP contribution in [0.5, 0.6) is 0 Å². The molecule has 0 radical (unpaired) electrons. The van der Waals surface area contributed by atoms with Gasteiger partial charge in [0.1, 0.15) is 6.04 Å². The molecule has 2 amide bonds. The first-order chi connectivity index (χ1) is 14.8. The van der Waals surface area contributed by atoms with E-state index in [0.717, 1.165) is 5.56 Å². The van der Waals surface area contributed by atoms with Gasteiger partial charge in [0.25, 0.3) is 0 Å². The van der Waals surface area contributed by atoms with E-state index in [-0.39, 0.29) is 23.3 Å². The molecular formula is C25H37N3O4. The summed E-state index contributed by atoms with van der Waals surface area (Å²) >= 11 is 0. The minimum atomic E-state index is -1.01. The Kier molecular flexibility index (Phi) is 8.24. The number of hydrogen-bond donors (Lipinski definition) is 3. The van der Waals surface area contributed by atoms with Gasteiger partial charge in [-0.3, -0.25) is 9.59 Å². The van der Waals surface area contributed by atoms with Gasteiger partial charge in [-0.25, -0.2) is 4.79 Å². The number of benzene rings is 1. The summed E-state index contributed by atoms with van der Waals surface area (Å²) in [5.41, 5.74) is 1.97. The Morgan fingerprint density at radius 3 is 2.31 bits per heavy atom. The van der Waals surface area contributed by atoms with Crippen LogP contribution >= 0.6 is 0 Å². The smallest absolute Gasteiger partial charge is 0.331 e. The summed E-state index contributed by atoms with van der Waals surface area (Å²) in [7, 11) is 1.67. The molecule has 1 aliphatic rings. The Morgan fingerprint density at radius 1 is 1.19 bits per heavy atom. The zero-order chi connectivity index (χ0) is 24.2. The van der Waals surface area contributed by atoms with Gasteiger partial charge >= 0.3 is 5.97 Å². The second-order valence-electron chi connectivity index (χ2n) is 10.1. The summed E-state index contributed by atoms with van der Waals surface area (Å²) in [6, 6.07) is 6.46.